The molecule has 0 aliphatic carbocycles. The van der Waals surface area contributed by atoms with Crippen molar-refractivity contribution in [2.75, 3.05) is 26.3 Å². The molecule has 7 heteroatoms. The second kappa shape index (κ2) is 4.72. The fourth-order valence-electron chi connectivity index (χ4n) is 2.06. The molecule has 0 saturated carbocycles. The zero-order valence-electron chi connectivity index (χ0n) is 9.71. The predicted molar refractivity (Wildman–Crippen MR) is 65.8 cm³/mol. The maximum Gasteiger partial charge on any atom is 0.301 e. The second-order valence-corrected chi connectivity index (χ2v) is 4.62. The Kier molecular flexibility index (Phi) is 3.07. The van der Waals surface area contributed by atoms with Crippen molar-refractivity contribution in [2.45, 2.75) is 6.54 Å². The number of imidazole rings is 1. The zero-order valence-corrected chi connectivity index (χ0v) is 10.5. The minimum absolute atomic E-state index is 0.141. The fourth-order valence-corrected chi connectivity index (χ4v) is 2.23. The van der Waals surface area contributed by atoms with Crippen LogP contribution >= 0.6 is 11.6 Å². The quantitative estimate of drug-likeness (QED) is 0.821. The molecule has 1 aliphatic heterocycles. The Morgan fingerprint density at radius 3 is 2.89 bits per heavy atom. The van der Waals surface area contributed by atoms with Gasteiger partial charge in [0.25, 0.3) is 0 Å². The number of fused-ring (bicyclic) bond motifs is 1. The van der Waals surface area contributed by atoms with Crippen LogP contribution in [-0.2, 0) is 11.3 Å². The summed E-state index contributed by atoms with van der Waals surface area (Å²) in [6.07, 6.45) is 1.78. The summed E-state index contributed by atoms with van der Waals surface area (Å²) in [5.74, 6) is 0. The summed E-state index contributed by atoms with van der Waals surface area (Å²) in [5.41, 5.74) is 1.49. The maximum atomic E-state index is 9.67. The van der Waals surface area contributed by atoms with Crippen LogP contribution in [0.2, 0.25) is 5.15 Å². The number of nitrogens with zero attached hydrogens (tertiary/aromatic N) is 4. The van der Waals surface area contributed by atoms with Crippen LogP contribution in [0.4, 0.5) is 0 Å². The van der Waals surface area contributed by atoms with Gasteiger partial charge in [-0.3, -0.25) is 9.30 Å². The largest absolute Gasteiger partial charge is 0.480 e. The van der Waals surface area contributed by atoms with Gasteiger partial charge in [-0.25, -0.2) is 4.98 Å². The van der Waals surface area contributed by atoms with Gasteiger partial charge in [-0.15, -0.1) is 0 Å². The molecule has 0 radical (unpaired) electrons. The molecule has 0 amide bonds. The highest BCUT2D eigenvalue weighted by atomic mass is 35.5. The summed E-state index contributed by atoms with van der Waals surface area (Å²) in [4.78, 5) is 10.5. The third-order valence-corrected chi connectivity index (χ3v) is 3.14. The van der Waals surface area contributed by atoms with Gasteiger partial charge in [-0.1, -0.05) is 11.6 Å². The number of ether oxygens (including phenoxy) is 1. The summed E-state index contributed by atoms with van der Waals surface area (Å²) in [6, 6.07) is 1.49. The summed E-state index contributed by atoms with van der Waals surface area (Å²) >= 11 is 5.77. The Labute approximate surface area is 109 Å². The van der Waals surface area contributed by atoms with Crippen LogP contribution in [0.15, 0.2) is 12.3 Å². The van der Waals surface area contributed by atoms with Crippen LogP contribution in [0.5, 0.6) is 6.01 Å². The average molecular weight is 269 g/mol. The first-order chi connectivity index (χ1) is 8.72. The molecular weight excluding hydrogens is 256 g/mol. The molecule has 0 bridgehead atoms. The molecule has 6 nitrogen and oxygen atoms in total. The highest BCUT2D eigenvalue weighted by molar-refractivity contribution is 6.29. The average Bonchev–Trinajstić information content (AvgIpc) is 2.73. The Morgan fingerprint density at radius 1 is 1.33 bits per heavy atom. The minimum atomic E-state index is -0.141. The highest BCUT2D eigenvalue weighted by Gasteiger charge is 2.14. The van der Waals surface area contributed by atoms with Gasteiger partial charge in [0.1, 0.15) is 10.8 Å². The van der Waals surface area contributed by atoms with Crippen molar-refractivity contribution < 1.29 is 9.84 Å². The first-order valence-electron chi connectivity index (χ1n) is 5.76. The van der Waals surface area contributed by atoms with Gasteiger partial charge in [-0.2, -0.15) is 4.98 Å². The lowest BCUT2D eigenvalue weighted by Crippen LogP contribution is -2.35. The van der Waals surface area contributed by atoms with Gasteiger partial charge in [0.2, 0.25) is 0 Å². The summed E-state index contributed by atoms with van der Waals surface area (Å²) in [6.45, 7) is 4.05. The lowest BCUT2D eigenvalue weighted by molar-refractivity contribution is 0.0337. The molecule has 1 saturated heterocycles. The minimum Gasteiger partial charge on any atom is -0.480 e. The van der Waals surface area contributed by atoms with Gasteiger partial charge in [0, 0.05) is 31.9 Å². The molecule has 96 valence electrons. The molecule has 2 aromatic heterocycles. The van der Waals surface area contributed by atoms with Crippen molar-refractivity contribution in [3.63, 3.8) is 0 Å². The van der Waals surface area contributed by atoms with Crippen LogP contribution in [-0.4, -0.2) is 50.7 Å². The number of morpholine rings is 1. The van der Waals surface area contributed by atoms with Crippen LogP contribution < -0.4 is 0 Å². The van der Waals surface area contributed by atoms with E-state index in [-0.39, 0.29) is 11.2 Å². The van der Waals surface area contributed by atoms with Gasteiger partial charge >= 0.3 is 6.01 Å². The predicted octanol–water partition coefficient (Wildman–Crippen LogP) is 0.920. The van der Waals surface area contributed by atoms with E-state index in [1.165, 1.54) is 4.40 Å². The summed E-state index contributed by atoms with van der Waals surface area (Å²) < 4.78 is 6.83. The van der Waals surface area contributed by atoms with Gasteiger partial charge in [0.15, 0.2) is 0 Å². The van der Waals surface area contributed by atoms with Crippen molar-refractivity contribution in [3.8, 4) is 6.01 Å². The smallest absolute Gasteiger partial charge is 0.301 e. The monoisotopic (exact) mass is 268 g/mol. The van der Waals surface area contributed by atoms with Crippen molar-refractivity contribution in [1.29, 1.82) is 0 Å². The van der Waals surface area contributed by atoms with E-state index in [0.29, 0.717) is 5.65 Å². The standard InChI is InChI=1S/C11H13ClN4O2/c12-9-5-10-13-8(7-16(10)11(17)14-9)6-15-1-3-18-4-2-15/h5,7H,1-4,6H2,(H,14,17). The fraction of sp³-hybridized carbons (Fsp3) is 0.455. The Balaban J connectivity index is 1.86. The third kappa shape index (κ3) is 2.27. The van der Waals surface area contributed by atoms with Gasteiger partial charge < -0.3 is 9.84 Å². The van der Waals surface area contributed by atoms with E-state index in [2.05, 4.69) is 14.9 Å². The van der Waals surface area contributed by atoms with E-state index < -0.39 is 0 Å². The van der Waals surface area contributed by atoms with Gasteiger partial charge in [0.05, 0.1) is 18.9 Å². The molecular formula is C11H13ClN4O2. The molecule has 2 aromatic rings. The molecule has 1 N–H and O–H groups in total. The number of rotatable bonds is 2. The lowest BCUT2D eigenvalue weighted by Gasteiger charge is -2.25. The molecule has 0 spiro atoms. The van der Waals surface area contributed by atoms with E-state index >= 15 is 0 Å². The SMILES string of the molecule is Oc1nc(Cl)cc2nc(CN3CCOCC3)cn12. The molecule has 3 rings (SSSR count). The van der Waals surface area contributed by atoms with Crippen molar-refractivity contribution in [3.05, 3.63) is 23.1 Å². The first-order valence-corrected chi connectivity index (χ1v) is 6.14. The zero-order chi connectivity index (χ0) is 12.5. The van der Waals surface area contributed by atoms with Crippen molar-refractivity contribution in [2.24, 2.45) is 0 Å². The Hall–Kier alpha value is -1.37. The van der Waals surface area contributed by atoms with Crippen LogP contribution in [0.1, 0.15) is 5.69 Å². The number of aromatic hydroxyl groups is 1. The second-order valence-electron chi connectivity index (χ2n) is 4.23. The molecule has 0 atom stereocenters. The van der Waals surface area contributed by atoms with Crippen molar-refractivity contribution >= 4 is 17.2 Å². The van der Waals surface area contributed by atoms with Crippen LogP contribution in [0.25, 0.3) is 5.65 Å². The van der Waals surface area contributed by atoms with Crippen LogP contribution in [0, 0.1) is 0 Å². The first kappa shape index (κ1) is 11.7. The molecule has 1 aliphatic rings. The number of aromatic nitrogens is 3. The molecule has 18 heavy (non-hydrogen) atoms. The lowest BCUT2D eigenvalue weighted by atomic mass is 10.3. The van der Waals surface area contributed by atoms with E-state index in [1.54, 1.807) is 12.3 Å². The molecule has 0 unspecified atom stereocenters. The molecule has 3 heterocycles. The number of hydrogen-bond donors (Lipinski definition) is 1. The maximum absolute atomic E-state index is 9.67. The highest BCUT2D eigenvalue weighted by Crippen LogP contribution is 2.17. The number of hydrogen-bond acceptors (Lipinski definition) is 5. The Morgan fingerprint density at radius 2 is 2.11 bits per heavy atom. The van der Waals surface area contributed by atoms with Crippen LogP contribution in [0.3, 0.4) is 0 Å². The van der Waals surface area contributed by atoms with E-state index in [9.17, 15) is 5.11 Å². The third-order valence-electron chi connectivity index (χ3n) is 2.94. The number of halogens is 1. The molecule has 0 aromatic carbocycles. The van der Waals surface area contributed by atoms with E-state index in [4.69, 9.17) is 16.3 Å². The summed E-state index contributed by atoms with van der Waals surface area (Å²) in [7, 11) is 0. The molecule has 1 fully saturated rings. The topological polar surface area (TPSA) is 62.9 Å². The normalized spacial score (nSPS) is 17.4. The Bertz CT molecular complexity index is 565. The van der Waals surface area contributed by atoms with Gasteiger partial charge in [-0.05, 0) is 0 Å². The van der Waals surface area contributed by atoms with E-state index in [1.807, 2.05) is 0 Å². The van der Waals surface area contributed by atoms with Crippen molar-refractivity contribution in [1.82, 2.24) is 19.3 Å². The van der Waals surface area contributed by atoms with E-state index in [0.717, 1.165) is 38.5 Å². The summed E-state index contributed by atoms with van der Waals surface area (Å²) in [5, 5.41) is 9.90.